The molecule has 5 unspecified atom stereocenters. The number of nitrogens with zero attached hydrogens (tertiary/aromatic N) is 2. The quantitative estimate of drug-likeness (QED) is 0.278. The van der Waals surface area contributed by atoms with Crippen LogP contribution in [0.3, 0.4) is 0 Å². The van der Waals surface area contributed by atoms with Crippen molar-refractivity contribution in [1.82, 2.24) is 10.2 Å². The highest BCUT2D eigenvalue weighted by atomic mass is 35.5. The van der Waals surface area contributed by atoms with Crippen LogP contribution in [0.15, 0.2) is 11.6 Å². The van der Waals surface area contributed by atoms with E-state index in [0.29, 0.717) is 6.54 Å². The minimum atomic E-state index is -1.53. The maximum absolute atomic E-state index is 13.0. The van der Waals surface area contributed by atoms with E-state index < -0.39 is 11.9 Å². The highest BCUT2D eigenvalue weighted by Gasteiger charge is 2.59. The van der Waals surface area contributed by atoms with Crippen LogP contribution in [0, 0.1) is 5.92 Å². The molecule has 0 spiro atoms. The summed E-state index contributed by atoms with van der Waals surface area (Å²) in [5.74, 6) is -1.49. The van der Waals surface area contributed by atoms with E-state index in [1.165, 1.54) is 12.7 Å². The lowest BCUT2D eigenvalue weighted by molar-refractivity contribution is -0.311. The normalized spacial score (nSPS) is 36.8. The second-order valence-electron chi connectivity index (χ2n) is 8.89. The lowest BCUT2D eigenvalue weighted by Gasteiger charge is -2.42. The Morgan fingerprint density at radius 2 is 2.10 bits per heavy atom. The number of morpholine rings is 1. The van der Waals surface area contributed by atoms with E-state index >= 15 is 0 Å². The molecule has 1 amide bonds. The van der Waals surface area contributed by atoms with Crippen LogP contribution in [0.2, 0.25) is 0 Å². The molecule has 1 N–H and O–H groups in total. The van der Waals surface area contributed by atoms with Crippen molar-refractivity contribution in [3.05, 3.63) is 11.6 Å². The van der Waals surface area contributed by atoms with Crippen molar-refractivity contribution in [2.45, 2.75) is 76.5 Å². The number of ether oxygens (including phenoxy) is 3. The number of β-amino-alcohol motifs (C(OH)–C–C–N with tert-alkyl or cyclic N) is 1. The predicted octanol–water partition coefficient (Wildman–Crippen LogP) is 3.23. The first-order valence-electron chi connectivity index (χ1n) is 10.8. The first kappa shape index (κ1) is 23.8. The molecular formula is C21H35ClN2O6. The molecule has 30 heavy (non-hydrogen) atoms. The molecule has 3 fully saturated rings. The molecule has 9 heteroatoms. The Morgan fingerprint density at radius 1 is 1.37 bits per heavy atom. The van der Waals surface area contributed by atoms with Crippen LogP contribution < -0.4 is 0 Å². The third-order valence-electron chi connectivity index (χ3n) is 6.35. The highest BCUT2D eigenvalue weighted by molar-refractivity contribution is 6.18. The molecule has 3 aliphatic rings. The van der Waals surface area contributed by atoms with Crippen molar-refractivity contribution >= 4 is 17.7 Å². The van der Waals surface area contributed by atoms with Crippen LogP contribution in [-0.4, -0.2) is 77.7 Å². The minimum absolute atomic E-state index is 0.0130. The molecule has 8 nitrogen and oxygen atoms in total. The second-order valence-corrected chi connectivity index (χ2v) is 9.16. The minimum Gasteiger partial charge on any atom is -0.443 e. The molecule has 0 aromatic carbocycles. The van der Waals surface area contributed by atoms with Crippen LogP contribution in [0.5, 0.6) is 0 Å². The van der Waals surface area contributed by atoms with E-state index in [1.807, 2.05) is 0 Å². The summed E-state index contributed by atoms with van der Waals surface area (Å²) in [6.45, 7) is 6.91. The number of hydrogen-bond acceptors (Lipinski definition) is 7. The Balaban J connectivity index is 1.64. The first-order chi connectivity index (χ1) is 14.2. The van der Waals surface area contributed by atoms with Gasteiger partial charge in [0.15, 0.2) is 5.79 Å². The summed E-state index contributed by atoms with van der Waals surface area (Å²) in [4.78, 5) is 18.3. The Labute approximate surface area is 183 Å². The predicted molar refractivity (Wildman–Crippen MR) is 112 cm³/mol. The average molecular weight is 447 g/mol. The Bertz CT molecular complexity index is 645. The summed E-state index contributed by atoms with van der Waals surface area (Å²) >= 11 is 5.81. The lowest BCUT2D eigenvalue weighted by Crippen LogP contribution is -2.60. The number of carbonyl (C=O) groups is 1. The third kappa shape index (κ3) is 5.29. The van der Waals surface area contributed by atoms with E-state index in [0.717, 1.165) is 37.3 Å². The molecule has 0 aromatic heterocycles. The number of hydroxylamine groups is 1. The van der Waals surface area contributed by atoms with Crippen LogP contribution >= 0.6 is 11.6 Å². The van der Waals surface area contributed by atoms with Gasteiger partial charge in [-0.25, -0.2) is 4.79 Å². The Morgan fingerprint density at radius 3 is 2.77 bits per heavy atom. The van der Waals surface area contributed by atoms with Gasteiger partial charge in [-0.3, -0.25) is 4.84 Å². The number of rotatable bonds is 7. The number of amides is 1. The Hall–Kier alpha value is -0.900. The maximum atomic E-state index is 13.0. The van der Waals surface area contributed by atoms with E-state index in [9.17, 15) is 9.90 Å². The summed E-state index contributed by atoms with van der Waals surface area (Å²) in [5, 5.41) is 12.9. The third-order valence-corrected chi connectivity index (χ3v) is 6.77. The van der Waals surface area contributed by atoms with E-state index in [-0.39, 0.29) is 42.8 Å². The number of carbonyl (C=O) groups excluding carboxylic acids is 1. The largest absolute Gasteiger partial charge is 0.449 e. The van der Waals surface area contributed by atoms with E-state index in [2.05, 4.69) is 26.8 Å². The van der Waals surface area contributed by atoms with Crippen molar-refractivity contribution in [3.63, 3.8) is 0 Å². The van der Waals surface area contributed by atoms with Crippen molar-refractivity contribution < 1.29 is 28.9 Å². The van der Waals surface area contributed by atoms with Gasteiger partial charge in [0.2, 0.25) is 0 Å². The van der Waals surface area contributed by atoms with Gasteiger partial charge in [0, 0.05) is 12.5 Å². The number of aliphatic hydroxyl groups is 1. The standard InChI is InChI=1S/C21H35ClN2O6/c1-15(2)9-10-18-20(3,30-18)16-7-5-6-8-17(16)29-19(25)24(27-4)23-11-12-28-21(26,13-22)14-23/h9,16-18,26H,5-8,10-14H2,1-4H3. The van der Waals surface area contributed by atoms with Gasteiger partial charge in [-0.2, -0.15) is 5.01 Å². The van der Waals surface area contributed by atoms with Gasteiger partial charge in [-0.05, 0) is 46.5 Å². The summed E-state index contributed by atoms with van der Waals surface area (Å²) < 4.78 is 17.3. The van der Waals surface area contributed by atoms with Gasteiger partial charge in [0.1, 0.15) is 6.10 Å². The summed E-state index contributed by atoms with van der Waals surface area (Å²) in [6.07, 6.45) is 6.29. The van der Waals surface area contributed by atoms with Crippen LogP contribution in [0.25, 0.3) is 0 Å². The van der Waals surface area contributed by atoms with Gasteiger partial charge in [0.05, 0.1) is 37.8 Å². The van der Waals surface area contributed by atoms with Crippen LogP contribution in [-0.2, 0) is 19.0 Å². The van der Waals surface area contributed by atoms with Crippen molar-refractivity contribution in [2.75, 3.05) is 32.7 Å². The van der Waals surface area contributed by atoms with Crippen molar-refractivity contribution in [2.24, 2.45) is 5.92 Å². The second kappa shape index (κ2) is 9.71. The lowest BCUT2D eigenvalue weighted by atomic mass is 9.76. The van der Waals surface area contributed by atoms with Gasteiger partial charge in [-0.15, -0.1) is 16.8 Å². The summed E-state index contributed by atoms with van der Waals surface area (Å²) in [6, 6.07) is 0. The highest BCUT2D eigenvalue weighted by Crippen LogP contribution is 2.51. The van der Waals surface area contributed by atoms with Gasteiger partial charge < -0.3 is 19.3 Å². The van der Waals surface area contributed by atoms with E-state index in [1.54, 1.807) is 5.01 Å². The van der Waals surface area contributed by atoms with E-state index in [4.69, 9.17) is 30.6 Å². The summed E-state index contributed by atoms with van der Waals surface area (Å²) in [7, 11) is 1.40. The Kier molecular flexibility index (Phi) is 7.69. The topological polar surface area (TPSA) is 84.0 Å². The van der Waals surface area contributed by atoms with Crippen molar-refractivity contribution in [3.8, 4) is 0 Å². The molecule has 0 radical (unpaired) electrons. The zero-order valence-corrected chi connectivity index (χ0v) is 19.2. The molecule has 0 aromatic rings. The fourth-order valence-electron chi connectivity index (χ4n) is 4.58. The maximum Gasteiger partial charge on any atom is 0.449 e. The molecule has 2 heterocycles. The zero-order chi connectivity index (χ0) is 21.9. The van der Waals surface area contributed by atoms with Gasteiger partial charge in [0.25, 0.3) is 0 Å². The smallest absolute Gasteiger partial charge is 0.443 e. The fourth-order valence-corrected chi connectivity index (χ4v) is 4.75. The first-order valence-corrected chi connectivity index (χ1v) is 11.3. The van der Waals surface area contributed by atoms with Crippen molar-refractivity contribution in [1.29, 1.82) is 0 Å². The molecular weight excluding hydrogens is 412 g/mol. The average Bonchev–Trinajstić information content (AvgIpc) is 3.38. The number of hydrogen-bond donors (Lipinski definition) is 1. The number of hydrazine groups is 1. The van der Waals surface area contributed by atoms with Gasteiger partial charge in [-0.1, -0.05) is 18.1 Å². The number of epoxide rings is 1. The van der Waals surface area contributed by atoms with Crippen LogP contribution in [0.4, 0.5) is 4.79 Å². The van der Waals surface area contributed by atoms with Gasteiger partial charge >= 0.3 is 6.09 Å². The number of allylic oxidation sites excluding steroid dienone is 1. The molecule has 2 aliphatic heterocycles. The summed E-state index contributed by atoms with van der Waals surface area (Å²) in [5.41, 5.74) is 1.00. The fraction of sp³-hybridized carbons (Fsp3) is 0.857. The molecule has 5 atom stereocenters. The molecule has 0 bridgehead atoms. The number of alkyl halides is 1. The molecule has 172 valence electrons. The monoisotopic (exact) mass is 446 g/mol. The number of halogens is 1. The molecule has 1 aliphatic carbocycles. The molecule has 3 rings (SSSR count). The molecule has 1 saturated carbocycles. The van der Waals surface area contributed by atoms with Crippen LogP contribution in [0.1, 0.15) is 52.9 Å². The zero-order valence-electron chi connectivity index (χ0n) is 18.4. The SMILES string of the molecule is CON(C(=O)OC1CCCCC1C1(C)OC1CC=C(C)C)N1CCOC(O)(CCl)C1. The molecule has 2 saturated heterocycles.